The molecule has 1 saturated heterocycles. The number of ether oxygens (including phenoxy) is 1. The highest BCUT2D eigenvalue weighted by Crippen LogP contribution is 2.46. The van der Waals surface area contributed by atoms with Gasteiger partial charge < -0.3 is 25.2 Å². The molecular formula is C31H34ClN5O2S. The van der Waals surface area contributed by atoms with Gasteiger partial charge in [-0.25, -0.2) is 0 Å². The molecule has 5 rings (SSSR count). The van der Waals surface area contributed by atoms with E-state index in [1.165, 1.54) is 5.57 Å². The molecule has 7 nitrogen and oxygen atoms in total. The van der Waals surface area contributed by atoms with E-state index < -0.39 is 0 Å². The minimum absolute atomic E-state index is 0.129. The fraction of sp³-hybridized carbons (Fsp3) is 0.323. The van der Waals surface area contributed by atoms with Crippen molar-refractivity contribution in [3.05, 3.63) is 88.7 Å². The predicted octanol–water partition coefficient (Wildman–Crippen LogP) is 6.38. The van der Waals surface area contributed by atoms with Gasteiger partial charge >= 0.3 is 0 Å². The number of carbonyl (C=O) groups excluding carboxylic acids is 1. The first-order chi connectivity index (χ1) is 19.1. The van der Waals surface area contributed by atoms with Crippen molar-refractivity contribution >= 4 is 51.8 Å². The second kappa shape index (κ2) is 11.1. The quantitative estimate of drug-likeness (QED) is 0.317. The van der Waals surface area contributed by atoms with Crippen LogP contribution in [0, 0.1) is 0 Å². The molecule has 0 unspecified atom stereocenters. The Morgan fingerprint density at radius 2 is 1.95 bits per heavy atom. The molecule has 9 heteroatoms. The number of thiocarbonyl (C=S) groups is 1. The lowest BCUT2D eigenvalue weighted by atomic mass is 9.86. The zero-order valence-corrected chi connectivity index (χ0v) is 24.9. The third-order valence-electron chi connectivity index (χ3n) is 7.81. The van der Waals surface area contributed by atoms with Crippen LogP contribution in [0.1, 0.15) is 56.1 Å². The molecule has 0 spiro atoms. The van der Waals surface area contributed by atoms with E-state index in [2.05, 4.69) is 65.4 Å². The van der Waals surface area contributed by atoms with Gasteiger partial charge in [0.15, 0.2) is 5.11 Å². The summed E-state index contributed by atoms with van der Waals surface area (Å²) in [5, 5.41) is 7.63. The maximum atomic E-state index is 13.0. The van der Waals surface area contributed by atoms with Gasteiger partial charge in [0.2, 0.25) is 5.91 Å². The summed E-state index contributed by atoms with van der Waals surface area (Å²) < 4.78 is 5.38. The lowest BCUT2D eigenvalue weighted by Crippen LogP contribution is -2.42. The lowest BCUT2D eigenvalue weighted by Gasteiger charge is -2.41. The highest BCUT2D eigenvalue weighted by atomic mass is 35.5. The van der Waals surface area contributed by atoms with Crippen LogP contribution >= 0.6 is 23.8 Å². The molecule has 2 aromatic carbocycles. The van der Waals surface area contributed by atoms with E-state index in [1.54, 1.807) is 13.3 Å². The van der Waals surface area contributed by atoms with Crippen LogP contribution in [0.4, 0.5) is 11.4 Å². The number of aromatic nitrogens is 1. The highest BCUT2D eigenvalue weighted by Gasteiger charge is 2.41. The average molecular weight is 576 g/mol. The van der Waals surface area contributed by atoms with Crippen LogP contribution in [0.3, 0.4) is 0 Å². The van der Waals surface area contributed by atoms with Crippen LogP contribution in [0.15, 0.2) is 66.9 Å². The number of hydrogen-bond acceptors (Lipinski definition) is 5. The molecule has 0 saturated carbocycles. The van der Waals surface area contributed by atoms with Gasteiger partial charge in [0.05, 0.1) is 36.1 Å². The van der Waals surface area contributed by atoms with Gasteiger partial charge in [-0.15, -0.1) is 0 Å². The molecule has 40 heavy (non-hydrogen) atoms. The first-order valence-electron chi connectivity index (χ1n) is 13.3. The number of allylic oxidation sites excluding steroid dienone is 1. The number of amides is 1. The molecular weight excluding hydrogens is 542 g/mol. The fourth-order valence-electron chi connectivity index (χ4n) is 5.58. The van der Waals surface area contributed by atoms with Gasteiger partial charge in [0.1, 0.15) is 5.75 Å². The number of fused-ring (bicyclic) bond motifs is 1. The predicted molar refractivity (Wildman–Crippen MR) is 166 cm³/mol. The van der Waals surface area contributed by atoms with Gasteiger partial charge in [-0.3, -0.25) is 9.78 Å². The number of carbonyl (C=O) groups is 1. The Bertz CT molecular complexity index is 1480. The van der Waals surface area contributed by atoms with E-state index in [0.29, 0.717) is 28.1 Å². The van der Waals surface area contributed by atoms with Crippen LogP contribution < -0.4 is 20.3 Å². The zero-order valence-electron chi connectivity index (χ0n) is 23.4. The maximum absolute atomic E-state index is 13.0. The minimum atomic E-state index is -0.257. The first-order valence-corrected chi connectivity index (χ1v) is 14.1. The minimum Gasteiger partial charge on any atom is -0.495 e. The molecule has 1 aromatic heterocycles. The Morgan fingerprint density at radius 3 is 2.67 bits per heavy atom. The summed E-state index contributed by atoms with van der Waals surface area (Å²) >= 11 is 12.9. The molecule has 0 bridgehead atoms. The van der Waals surface area contributed by atoms with Crippen molar-refractivity contribution in [3.63, 3.8) is 0 Å². The number of hydrogen-bond donors (Lipinski definition) is 2. The van der Waals surface area contributed by atoms with Crippen molar-refractivity contribution in [2.75, 3.05) is 30.9 Å². The van der Waals surface area contributed by atoms with Crippen molar-refractivity contribution in [2.45, 2.75) is 44.8 Å². The summed E-state index contributed by atoms with van der Waals surface area (Å²) in [5.41, 5.74) is 5.71. The largest absolute Gasteiger partial charge is 0.495 e. The Morgan fingerprint density at radius 1 is 1.20 bits per heavy atom. The summed E-state index contributed by atoms with van der Waals surface area (Å²) in [6, 6.07) is 16.9. The Labute approximate surface area is 246 Å². The number of methoxy groups -OCH3 is 1. The van der Waals surface area contributed by atoms with E-state index in [4.69, 9.17) is 28.6 Å². The van der Waals surface area contributed by atoms with Gasteiger partial charge in [0, 0.05) is 42.5 Å². The Balaban J connectivity index is 1.49. The number of benzene rings is 2. The third kappa shape index (κ3) is 5.25. The molecule has 2 aliphatic heterocycles. The van der Waals surface area contributed by atoms with Gasteiger partial charge in [-0.1, -0.05) is 35.9 Å². The van der Waals surface area contributed by atoms with Gasteiger partial charge in [-0.2, -0.15) is 0 Å². The van der Waals surface area contributed by atoms with E-state index in [1.807, 2.05) is 48.5 Å². The molecule has 3 aromatic rings. The monoisotopic (exact) mass is 575 g/mol. The van der Waals surface area contributed by atoms with E-state index in [-0.39, 0.29) is 30.0 Å². The summed E-state index contributed by atoms with van der Waals surface area (Å²) in [4.78, 5) is 22.0. The number of para-hydroxylation sites is 2. The first kappa shape index (κ1) is 27.9. The normalized spacial score (nSPS) is 19.6. The molecule has 2 N–H and O–H groups in total. The van der Waals surface area contributed by atoms with Crippen LogP contribution in [0.5, 0.6) is 5.75 Å². The van der Waals surface area contributed by atoms with E-state index in [0.717, 1.165) is 22.5 Å². The standard InChI is InChI=1S/C31H34ClN5O2S/c1-19-18-31(2,3)36(4)25-17-22(32)21(16-20(19)25)29-28(24-11-8-9-14-33-24)35-30(40)37(29)15-13-27(38)34-23-10-6-7-12-26(23)39-5/h6-12,14,16-18,28-29H,13,15H2,1-5H3,(H,34,38)(H,35,40)/t28-,29-/m1/s1. The van der Waals surface area contributed by atoms with E-state index >= 15 is 0 Å². The lowest BCUT2D eigenvalue weighted by molar-refractivity contribution is -0.116. The number of nitrogens with zero attached hydrogens (tertiary/aromatic N) is 3. The van der Waals surface area contributed by atoms with Crippen molar-refractivity contribution in [1.82, 2.24) is 15.2 Å². The zero-order chi connectivity index (χ0) is 28.6. The third-order valence-corrected chi connectivity index (χ3v) is 8.49. The van der Waals surface area contributed by atoms with Crippen molar-refractivity contribution in [2.24, 2.45) is 0 Å². The summed E-state index contributed by atoms with van der Waals surface area (Å²) in [5.74, 6) is 0.478. The average Bonchev–Trinajstić information content (AvgIpc) is 3.26. The molecule has 2 atom stereocenters. The van der Waals surface area contributed by atoms with E-state index in [9.17, 15) is 4.79 Å². The summed E-state index contributed by atoms with van der Waals surface area (Å²) in [7, 11) is 3.67. The highest BCUT2D eigenvalue weighted by molar-refractivity contribution is 7.80. The molecule has 0 aliphatic carbocycles. The van der Waals surface area contributed by atoms with Crippen molar-refractivity contribution < 1.29 is 9.53 Å². The topological polar surface area (TPSA) is 69.7 Å². The fourth-order valence-corrected chi connectivity index (χ4v) is 6.18. The maximum Gasteiger partial charge on any atom is 0.226 e. The smallest absolute Gasteiger partial charge is 0.226 e. The van der Waals surface area contributed by atoms with Crippen LogP contribution in [0.2, 0.25) is 5.02 Å². The second-order valence-corrected chi connectivity index (χ2v) is 11.5. The molecule has 208 valence electrons. The Hall–Kier alpha value is -3.62. The number of likely N-dealkylation sites (N-methyl/N-ethyl adjacent to an activating group) is 1. The second-order valence-electron chi connectivity index (χ2n) is 10.7. The van der Waals surface area contributed by atoms with Crippen LogP contribution in [-0.4, -0.2) is 47.1 Å². The van der Waals surface area contributed by atoms with Gasteiger partial charge in [0.25, 0.3) is 0 Å². The molecule has 1 amide bonds. The number of nitrogens with one attached hydrogen (secondary N) is 2. The van der Waals surface area contributed by atoms with Crippen molar-refractivity contribution in [3.8, 4) is 5.75 Å². The van der Waals surface area contributed by atoms with Crippen LogP contribution in [-0.2, 0) is 4.79 Å². The Kier molecular flexibility index (Phi) is 7.75. The van der Waals surface area contributed by atoms with Crippen molar-refractivity contribution in [1.29, 1.82) is 0 Å². The number of halogens is 1. The summed E-state index contributed by atoms with van der Waals surface area (Å²) in [6.07, 6.45) is 4.28. The summed E-state index contributed by atoms with van der Waals surface area (Å²) in [6.45, 7) is 6.92. The molecule has 0 radical (unpaired) electrons. The molecule has 3 heterocycles. The van der Waals surface area contributed by atoms with Crippen LogP contribution in [0.25, 0.3) is 5.57 Å². The van der Waals surface area contributed by atoms with Gasteiger partial charge in [-0.05, 0) is 80.5 Å². The number of anilines is 2. The SMILES string of the molecule is COc1ccccc1NC(=O)CCN1C(=S)N[C@H](c2ccccn2)[C@H]1c1cc2c(cc1Cl)N(C)C(C)(C)C=C2C. The molecule has 2 aliphatic rings. The molecule has 1 fully saturated rings. The number of pyridine rings is 1. The number of rotatable bonds is 7.